The smallest absolute Gasteiger partial charge is 0.286 e. The van der Waals surface area contributed by atoms with E-state index in [9.17, 15) is 5.26 Å². The average Bonchev–Trinajstić information content (AvgIpc) is 2.60. The maximum absolute atomic E-state index is 9.25. The highest BCUT2D eigenvalue weighted by Crippen LogP contribution is 2.28. The number of aromatic nitrogens is 2. The number of anilines is 1. The SMILES string of the molecule is N#Cc1cc(C#N)c(SCc2cc3ccccc3nc2Cl)[nH+]c1N. The molecule has 0 unspecified atom stereocenters. The highest BCUT2D eigenvalue weighted by Gasteiger charge is 2.15. The Hall–Kier alpha value is -2.80. The van der Waals surface area contributed by atoms with Crippen molar-refractivity contribution < 1.29 is 4.98 Å². The number of hydrogen-bond acceptors (Lipinski definition) is 5. The molecular weight excluding hydrogens is 342 g/mol. The minimum absolute atomic E-state index is 0.238. The van der Waals surface area contributed by atoms with Gasteiger partial charge in [-0.25, -0.2) is 9.97 Å². The number of rotatable bonds is 3. The quantitative estimate of drug-likeness (QED) is 0.575. The number of benzene rings is 1. The van der Waals surface area contributed by atoms with Gasteiger partial charge in [-0.2, -0.15) is 10.5 Å². The second-order valence-corrected chi connectivity index (χ2v) is 6.33. The zero-order valence-electron chi connectivity index (χ0n) is 12.4. The minimum atomic E-state index is 0.238. The van der Waals surface area contributed by atoms with Crippen LogP contribution >= 0.6 is 23.4 Å². The monoisotopic (exact) mass is 352 g/mol. The zero-order chi connectivity index (χ0) is 17.1. The molecule has 3 aromatic rings. The lowest BCUT2D eigenvalue weighted by molar-refractivity contribution is -0.410. The molecule has 0 aliphatic heterocycles. The maximum atomic E-state index is 9.25. The number of nitrogen functional groups attached to an aromatic ring is 1. The van der Waals surface area contributed by atoms with Crippen molar-refractivity contribution in [2.24, 2.45) is 0 Å². The number of nitrogens with one attached hydrogen (secondary N) is 1. The van der Waals surface area contributed by atoms with Crippen molar-refractivity contribution in [3.05, 3.63) is 58.2 Å². The summed E-state index contributed by atoms with van der Waals surface area (Å²) in [5.41, 5.74) is 8.11. The predicted molar refractivity (Wildman–Crippen MR) is 93.2 cm³/mol. The molecule has 0 fully saturated rings. The summed E-state index contributed by atoms with van der Waals surface area (Å²) >= 11 is 7.64. The molecule has 0 aliphatic rings. The van der Waals surface area contributed by atoms with E-state index in [4.69, 9.17) is 22.6 Å². The van der Waals surface area contributed by atoms with Crippen LogP contribution < -0.4 is 10.7 Å². The fourth-order valence-corrected chi connectivity index (χ4v) is 3.48. The fourth-order valence-electron chi connectivity index (χ4n) is 2.22. The van der Waals surface area contributed by atoms with Crippen LogP contribution in [0, 0.1) is 22.7 Å². The highest BCUT2D eigenvalue weighted by atomic mass is 35.5. The van der Waals surface area contributed by atoms with Crippen molar-refractivity contribution >= 4 is 40.1 Å². The molecule has 7 heteroatoms. The summed E-state index contributed by atoms with van der Waals surface area (Å²) in [5.74, 6) is 0.759. The number of fused-ring (bicyclic) bond motifs is 1. The first-order chi connectivity index (χ1) is 11.6. The van der Waals surface area contributed by atoms with Crippen molar-refractivity contribution in [3.8, 4) is 12.1 Å². The van der Waals surface area contributed by atoms with Crippen LogP contribution in [0.25, 0.3) is 10.9 Å². The van der Waals surface area contributed by atoms with Crippen molar-refractivity contribution in [2.75, 3.05) is 5.73 Å². The molecule has 0 bridgehead atoms. The van der Waals surface area contributed by atoms with Crippen LogP contribution in [0.2, 0.25) is 5.15 Å². The number of nitrogens with two attached hydrogens (primary N) is 1. The Morgan fingerprint density at radius 2 is 1.92 bits per heavy atom. The molecule has 0 spiro atoms. The minimum Gasteiger partial charge on any atom is -0.286 e. The third-order valence-electron chi connectivity index (χ3n) is 3.43. The van der Waals surface area contributed by atoms with E-state index in [0.717, 1.165) is 16.5 Å². The van der Waals surface area contributed by atoms with Gasteiger partial charge >= 0.3 is 0 Å². The van der Waals surface area contributed by atoms with Gasteiger partial charge in [0.05, 0.1) is 5.52 Å². The number of nitrogens with zero attached hydrogens (tertiary/aromatic N) is 3. The summed E-state index contributed by atoms with van der Waals surface area (Å²) < 4.78 is 0. The number of para-hydroxylation sites is 1. The number of hydrogen-bond donors (Lipinski definition) is 1. The molecule has 2 heterocycles. The molecule has 0 amide bonds. The molecular formula is C17H11ClN5S+. The number of pyridine rings is 2. The van der Waals surface area contributed by atoms with E-state index >= 15 is 0 Å². The van der Waals surface area contributed by atoms with Gasteiger partial charge in [0.2, 0.25) is 0 Å². The lowest BCUT2D eigenvalue weighted by atomic mass is 10.2. The standard InChI is InChI=1S/C17H10ClN5S/c18-15-13(5-10-3-1-2-4-14(10)22-15)9-24-17-12(8-20)6-11(7-19)16(21)23-17/h1-6H,9H2,(H2,21,23)/p+1. The van der Waals surface area contributed by atoms with E-state index in [-0.39, 0.29) is 11.4 Å². The molecule has 3 rings (SSSR count). The van der Waals surface area contributed by atoms with E-state index in [0.29, 0.717) is 21.5 Å². The van der Waals surface area contributed by atoms with Gasteiger partial charge < -0.3 is 0 Å². The Balaban J connectivity index is 1.92. The van der Waals surface area contributed by atoms with Gasteiger partial charge in [0.1, 0.15) is 28.4 Å². The van der Waals surface area contributed by atoms with Crippen LogP contribution in [0.4, 0.5) is 5.82 Å². The second-order valence-electron chi connectivity index (χ2n) is 4.98. The third-order valence-corrected chi connectivity index (χ3v) is 4.83. The van der Waals surface area contributed by atoms with Crippen LogP contribution in [-0.4, -0.2) is 4.98 Å². The highest BCUT2D eigenvalue weighted by molar-refractivity contribution is 7.98. The number of H-pyrrole nitrogens is 1. The van der Waals surface area contributed by atoms with E-state index in [2.05, 4.69) is 16.0 Å². The molecule has 3 N–H and O–H groups in total. The normalized spacial score (nSPS) is 10.3. The molecule has 5 nitrogen and oxygen atoms in total. The maximum Gasteiger partial charge on any atom is 0.289 e. The summed E-state index contributed by atoms with van der Waals surface area (Å²) in [7, 11) is 0. The van der Waals surface area contributed by atoms with Gasteiger partial charge in [-0.05, 0) is 18.2 Å². The first-order valence-corrected chi connectivity index (χ1v) is 8.31. The Kier molecular flexibility index (Phi) is 4.52. The summed E-state index contributed by atoms with van der Waals surface area (Å²) in [6.07, 6.45) is 0. The molecule has 0 aliphatic carbocycles. The lowest BCUT2D eigenvalue weighted by Gasteiger charge is -2.06. The second kappa shape index (κ2) is 6.76. The Labute approximate surface area is 147 Å². The van der Waals surface area contributed by atoms with Crippen molar-refractivity contribution in [2.45, 2.75) is 10.8 Å². The van der Waals surface area contributed by atoms with Crippen LogP contribution in [0.5, 0.6) is 0 Å². The van der Waals surface area contributed by atoms with Crippen molar-refractivity contribution in [1.82, 2.24) is 4.98 Å². The summed E-state index contributed by atoms with van der Waals surface area (Å²) in [6.45, 7) is 0. The van der Waals surface area contributed by atoms with Gasteiger partial charge in [-0.15, -0.1) is 0 Å². The zero-order valence-corrected chi connectivity index (χ0v) is 13.9. The molecule has 1 aromatic carbocycles. The number of thioether (sulfide) groups is 1. The van der Waals surface area contributed by atoms with Gasteiger partial charge in [0.15, 0.2) is 5.03 Å². The van der Waals surface area contributed by atoms with E-state index in [1.54, 1.807) is 0 Å². The fraction of sp³-hybridized carbons (Fsp3) is 0.0588. The van der Waals surface area contributed by atoms with Crippen LogP contribution in [-0.2, 0) is 5.75 Å². The summed E-state index contributed by atoms with van der Waals surface area (Å²) in [4.78, 5) is 7.29. The Morgan fingerprint density at radius 1 is 1.17 bits per heavy atom. The summed E-state index contributed by atoms with van der Waals surface area (Å²) in [5, 5.41) is 20.3. The van der Waals surface area contributed by atoms with Crippen LogP contribution in [0.1, 0.15) is 16.7 Å². The molecule has 2 aromatic heterocycles. The molecule has 0 saturated heterocycles. The molecule has 0 saturated carbocycles. The van der Waals surface area contributed by atoms with E-state index in [1.165, 1.54) is 17.8 Å². The van der Waals surface area contributed by atoms with E-state index < -0.39 is 0 Å². The first-order valence-electron chi connectivity index (χ1n) is 6.95. The number of aromatic amines is 1. The lowest BCUT2D eigenvalue weighted by Crippen LogP contribution is -2.16. The molecule has 0 atom stereocenters. The number of halogens is 1. The van der Waals surface area contributed by atoms with Gasteiger partial charge in [-0.3, -0.25) is 5.73 Å². The van der Waals surface area contributed by atoms with Gasteiger partial charge in [0, 0.05) is 16.7 Å². The van der Waals surface area contributed by atoms with Gasteiger partial charge in [-0.1, -0.05) is 41.6 Å². The van der Waals surface area contributed by atoms with Crippen molar-refractivity contribution in [3.63, 3.8) is 0 Å². The van der Waals surface area contributed by atoms with E-state index in [1.807, 2.05) is 36.4 Å². The predicted octanol–water partition coefficient (Wildman–Crippen LogP) is 3.32. The Bertz CT molecular complexity index is 1020. The third kappa shape index (κ3) is 3.11. The number of nitriles is 2. The Morgan fingerprint density at radius 3 is 2.67 bits per heavy atom. The summed E-state index contributed by atoms with van der Waals surface area (Å²) in [6, 6.07) is 15.2. The molecule has 24 heavy (non-hydrogen) atoms. The van der Waals surface area contributed by atoms with Crippen LogP contribution in [0.15, 0.2) is 41.4 Å². The topological polar surface area (TPSA) is 101 Å². The largest absolute Gasteiger partial charge is 0.289 e. The first kappa shape index (κ1) is 16.1. The average molecular weight is 353 g/mol. The van der Waals surface area contributed by atoms with Gasteiger partial charge in [0.25, 0.3) is 5.82 Å². The molecule has 116 valence electrons. The van der Waals surface area contributed by atoms with Crippen LogP contribution in [0.3, 0.4) is 0 Å². The molecule has 0 radical (unpaired) electrons. The van der Waals surface area contributed by atoms with Crippen molar-refractivity contribution in [1.29, 1.82) is 10.5 Å².